The quantitative estimate of drug-likeness (QED) is 0.630. The number of hydrogen-bond acceptors (Lipinski definition) is 4. The van der Waals surface area contributed by atoms with Crippen molar-refractivity contribution in [2.24, 2.45) is 0 Å². The number of nitrogens with zero attached hydrogens (tertiary/aromatic N) is 2. The first-order chi connectivity index (χ1) is 8.01. The molecule has 17 heavy (non-hydrogen) atoms. The van der Waals surface area contributed by atoms with E-state index in [4.69, 9.17) is 10.4 Å². The van der Waals surface area contributed by atoms with Crippen LogP contribution in [0.3, 0.4) is 0 Å². The fourth-order valence-electron chi connectivity index (χ4n) is 1.66. The number of aryl methyl sites for hydroxylation is 1. The van der Waals surface area contributed by atoms with Gasteiger partial charge in [0.05, 0.1) is 11.3 Å². The van der Waals surface area contributed by atoms with Crippen LogP contribution in [0.5, 0.6) is 0 Å². The molecule has 0 atom stereocenters. The second-order valence-electron chi connectivity index (χ2n) is 3.39. The highest BCUT2D eigenvalue weighted by atomic mass is 16.6. The summed E-state index contributed by atoms with van der Waals surface area (Å²) in [6, 6.07) is 4.62. The molecule has 0 aliphatic carbocycles. The predicted octanol–water partition coefficient (Wildman–Crippen LogP) is 1.66. The number of hydrogen-bond donors (Lipinski definition) is 1. The molecule has 0 aliphatic rings. The summed E-state index contributed by atoms with van der Waals surface area (Å²) in [6.45, 7) is 1.77. The minimum absolute atomic E-state index is 0.108. The number of nitro benzene ring substituents is 1. The number of carboxylic acids is 1. The van der Waals surface area contributed by atoms with E-state index in [9.17, 15) is 14.9 Å². The molecule has 0 aliphatic heterocycles. The molecular weight excluding hydrogens is 224 g/mol. The number of benzene rings is 1. The van der Waals surface area contributed by atoms with Crippen molar-refractivity contribution in [2.45, 2.75) is 19.8 Å². The van der Waals surface area contributed by atoms with Gasteiger partial charge < -0.3 is 5.11 Å². The van der Waals surface area contributed by atoms with Crippen LogP contribution in [0.2, 0.25) is 0 Å². The number of nitro groups is 1. The Morgan fingerprint density at radius 2 is 2.24 bits per heavy atom. The summed E-state index contributed by atoms with van der Waals surface area (Å²) in [6.07, 6.45) is 0.0319. The van der Waals surface area contributed by atoms with E-state index in [-0.39, 0.29) is 11.1 Å². The molecule has 6 heteroatoms. The summed E-state index contributed by atoms with van der Waals surface area (Å²) >= 11 is 0. The van der Waals surface area contributed by atoms with Crippen molar-refractivity contribution in [3.63, 3.8) is 0 Å². The molecule has 0 heterocycles. The zero-order chi connectivity index (χ0) is 13.0. The van der Waals surface area contributed by atoms with Crippen molar-refractivity contribution in [3.8, 4) is 6.07 Å². The number of nitriles is 1. The van der Waals surface area contributed by atoms with Crippen LogP contribution < -0.4 is 0 Å². The van der Waals surface area contributed by atoms with E-state index in [1.807, 2.05) is 0 Å². The van der Waals surface area contributed by atoms with Gasteiger partial charge in [-0.25, -0.2) is 0 Å². The van der Waals surface area contributed by atoms with Gasteiger partial charge in [0.15, 0.2) is 0 Å². The zero-order valence-corrected chi connectivity index (χ0v) is 9.14. The molecule has 88 valence electrons. The largest absolute Gasteiger partial charge is 0.481 e. The summed E-state index contributed by atoms with van der Waals surface area (Å²) in [7, 11) is 0. The second kappa shape index (κ2) is 5.07. The molecule has 6 nitrogen and oxygen atoms in total. The van der Waals surface area contributed by atoms with Gasteiger partial charge in [-0.2, -0.15) is 5.26 Å². The van der Waals surface area contributed by atoms with Gasteiger partial charge in [-0.3, -0.25) is 14.9 Å². The van der Waals surface area contributed by atoms with E-state index in [0.717, 1.165) is 0 Å². The van der Waals surface area contributed by atoms with Crippen molar-refractivity contribution in [1.82, 2.24) is 0 Å². The van der Waals surface area contributed by atoms with Crippen LogP contribution in [0, 0.1) is 21.4 Å². The van der Waals surface area contributed by atoms with Crippen LogP contribution in [-0.4, -0.2) is 16.0 Å². The lowest BCUT2D eigenvalue weighted by molar-refractivity contribution is -0.385. The topological polar surface area (TPSA) is 104 Å². The summed E-state index contributed by atoms with van der Waals surface area (Å²) in [5.74, 6) is -1.15. The van der Waals surface area contributed by atoms with Gasteiger partial charge in [0, 0.05) is 5.56 Å². The maximum absolute atomic E-state index is 10.9. The Bertz CT molecular complexity index is 517. The first-order valence-electron chi connectivity index (χ1n) is 4.92. The molecule has 0 bridgehead atoms. The van der Waals surface area contributed by atoms with Gasteiger partial charge in [-0.15, -0.1) is 0 Å². The number of carbonyl (C=O) groups is 1. The molecular formula is C11H10N2O4. The third kappa shape index (κ3) is 2.58. The first kappa shape index (κ1) is 12.6. The zero-order valence-electron chi connectivity index (χ0n) is 9.14. The fraction of sp³-hybridized carbons (Fsp3) is 0.273. The third-order valence-electron chi connectivity index (χ3n) is 2.39. The number of carboxylic acid groups (broad SMARTS) is 1. The predicted molar refractivity (Wildman–Crippen MR) is 58.5 cm³/mol. The smallest absolute Gasteiger partial charge is 0.308 e. The van der Waals surface area contributed by atoms with Crippen molar-refractivity contribution in [2.75, 3.05) is 0 Å². The lowest BCUT2D eigenvalue weighted by Gasteiger charge is -2.07. The lowest BCUT2D eigenvalue weighted by Crippen LogP contribution is -2.08. The van der Waals surface area contributed by atoms with E-state index < -0.39 is 23.0 Å². The van der Waals surface area contributed by atoms with Crippen molar-refractivity contribution >= 4 is 11.7 Å². The second-order valence-corrected chi connectivity index (χ2v) is 3.39. The Balaban J connectivity index is 3.53. The third-order valence-corrected chi connectivity index (χ3v) is 2.39. The Labute approximate surface area is 97.3 Å². The van der Waals surface area contributed by atoms with Crippen molar-refractivity contribution < 1.29 is 14.8 Å². The number of aliphatic carboxylic acids is 1. The van der Waals surface area contributed by atoms with Gasteiger partial charge in [0.2, 0.25) is 0 Å². The first-order valence-corrected chi connectivity index (χ1v) is 4.92. The minimum atomic E-state index is -1.15. The average molecular weight is 234 g/mol. The highest BCUT2D eigenvalue weighted by Crippen LogP contribution is 2.27. The maximum atomic E-state index is 10.9. The highest BCUT2D eigenvalue weighted by Gasteiger charge is 2.24. The molecule has 0 aromatic heterocycles. The van der Waals surface area contributed by atoms with Gasteiger partial charge in [0.1, 0.15) is 11.6 Å². The number of rotatable bonds is 4. The van der Waals surface area contributed by atoms with Crippen LogP contribution >= 0.6 is 0 Å². The lowest BCUT2D eigenvalue weighted by atomic mass is 9.97. The van der Waals surface area contributed by atoms with Crippen LogP contribution in [-0.2, 0) is 17.6 Å². The molecule has 0 spiro atoms. The molecule has 0 saturated heterocycles. The van der Waals surface area contributed by atoms with E-state index >= 15 is 0 Å². The van der Waals surface area contributed by atoms with Crippen LogP contribution in [0.1, 0.15) is 23.6 Å². The molecule has 0 amide bonds. The summed E-state index contributed by atoms with van der Waals surface area (Å²) in [5, 5.41) is 28.5. The van der Waals surface area contributed by atoms with Crippen LogP contribution in [0.15, 0.2) is 12.1 Å². The van der Waals surface area contributed by atoms with Crippen molar-refractivity contribution in [1.29, 1.82) is 5.26 Å². The normalized spacial score (nSPS) is 9.65. The van der Waals surface area contributed by atoms with Crippen LogP contribution in [0.25, 0.3) is 0 Å². The van der Waals surface area contributed by atoms with E-state index in [1.54, 1.807) is 19.1 Å². The Morgan fingerprint density at radius 3 is 2.65 bits per heavy atom. The highest BCUT2D eigenvalue weighted by molar-refractivity contribution is 5.74. The van der Waals surface area contributed by atoms with Gasteiger partial charge in [0.25, 0.3) is 5.69 Å². The molecule has 1 N–H and O–H groups in total. The molecule has 0 saturated carbocycles. The molecule has 1 aromatic carbocycles. The molecule has 1 aromatic rings. The summed E-state index contributed by atoms with van der Waals surface area (Å²) in [4.78, 5) is 20.9. The summed E-state index contributed by atoms with van der Waals surface area (Å²) < 4.78 is 0. The standard InChI is InChI=1S/C11H10N2O4/c1-2-7-3-4-8(6-12)11(13(16)17)9(7)5-10(14)15/h3-4H,2,5H2,1H3,(H,14,15). The van der Waals surface area contributed by atoms with E-state index in [1.165, 1.54) is 6.07 Å². The average Bonchev–Trinajstić information content (AvgIpc) is 2.27. The van der Waals surface area contributed by atoms with E-state index in [2.05, 4.69) is 0 Å². The monoisotopic (exact) mass is 234 g/mol. The minimum Gasteiger partial charge on any atom is -0.481 e. The van der Waals surface area contributed by atoms with Gasteiger partial charge >= 0.3 is 5.97 Å². The Kier molecular flexibility index (Phi) is 3.78. The van der Waals surface area contributed by atoms with E-state index in [0.29, 0.717) is 12.0 Å². The van der Waals surface area contributed by atoms with Gasteiger partial charge in [-0.05, 0) is 18.1 Å². The SMILES string of the molecule is CCc1ccc(C#N)c([N+](=O)[O-])c1CC(=O)O. The van der Waals surface area contributed by atoms with Crippen molar-refractivity contribution in [3.05, 3.63) is 38.9 Å². The molecule has 0 fully saturated rings. The Morgan fingerprint density at radius 1 is 1.59 bits per heavy atom. The molecule has 0 unspecified atom stereocenters. The van der Waals surface area contributed by atoms with Gasteiger partial charge in [-0.1, -0.05) is 13.0 Å². The Hall–Kier alpha value is -2.42. The fourth-order valence-corrected chi connectivity index (χ4v) is 1.66. The van der Waals surface area contributed by atoms with Crippen LogP contribution in [0.4, 0.5) is 5.69 Å². The summed E-state index contributed by atoms with van der Waals surface area (Å²) in [5.41, 5.74) is 0.194. The molecule has 1 rings (SSSR count). The maximum Gasteiger partial charge on any atom is 0.308 e. The molecule has 0 radical (unpaired) electrons.